The van der Waals surface area contributed by atoms with Gasteiger partial charge in [-0.2, -0.15) is 0 Å². The van der Waals surface area contributed by atoms with Crippen molar-refractivity contribution >= 4 is 34.8 Å². The van der Waals surface area contributed by atoms with Crippen LogP contribution in [0.25, 0.3) is 0 Å². The minimum atomic E-state index is -0.638. The van der Waals surface area contributed by atoms with Gasteiger partial charge in [0.1, 0.15) is 16.5 Å². The van der Waals surface area contributed by atoms with Crippen molar-refractivity contribution in [3.63, 3.8) is 0 Å². The van der Waals surface area contributed by atoms with E-state index >= 15 is 0 Å². The van der Waals surface area contributed by atoms with Crippen LogP contribution in [0.3, 0.4) is 0 Å². The molecule has 19 heavy (non-hydrogen) atoms. The lowest BCUT2D eigenvalue weighted by Gasteiger charge is -2.08. The molecule has 0 bridgehead atoms. The SMILES string of the molecule is O=[N+]([O-])c1ccc(CNc2c(Cl)cc(F)cc2Cl)o1. The molecule has 0 saturated carbocycles. The lowest BCUT2D eigenvalue weighted by Crippen LogP contribution is -2.00. The first-order chi connectivity index (χ1) is 8.97. The average molecular weight is 305 g/mol. The Kier molecular flexibility index (Phi) is 3.92. The molecule has 0 aliphatic heterocycles. The molecule has 0 spiro atoms. The molecule has 2 aromatic rings. The summed E-state index contributed by atoms with van der Waals surface area (Å²) < 4.78 is 17.9. The van der Waals surface area contributed by atoms with Crippen molar-refractivity contribution in [3.8, 4) is 0 Å². The van der Waals surface area contributed by atoms with Crippen molar-refractivity contribution in [1.82, 2.24) is 0 Å². The van der Waals surface area contributed by atoms with Gasteiger partial charge in [-0.15, -0.1) is 0 Å². The zero-order valence-electron chi connectivity index (χ0n) is 9.32. The Morgan fingerprint density at radius 1 is 1.32 bits per heavy atom. The Hall–Kier alpha value is -1.79. The molecule has 2 rings (SSSR count). The second-order valence-corrected chi connectivity index (χ2v) is 4.41. The smallest absolute Gasteiger partial charge is 0.404 e. The van der Waals surface area contributed by atoms with Crippen LogP contribution < -0.4 is 5.32 Å². The van der Waals surface area contributed by atoms with E-state index in [0.717, 1.165) is 12.1 Å². The third kappa shape index (κ3) is 3.15. The molecule has 1 heterocycles. The van der Waals surface area contributed by atoms with Crippen LogP contribution in [0.5, 0.6) is 0 Å². The number of benzene rings is 1. The third-order valence-corrected chi connectivity index (χ3v) is 2.87. The largest absolute Gasteiger partial charge is 0.433 e. The van der Waals surface area contributed by atoms with Crippen LogP contribution >= 0.6 is 23.2 Å². The number of hydrogen-bond donors (Lipinski definition) is 1. The average Bonchev–Trinajstić information content (AvgIpc) is 2.76. The van der Waals surface area contributed by atoms with Crippen molar-refractivity contribution in [1.29, 1.82) is 0 Å². The van der Waals surface area contributed by atoms with Gasteiger partial charge in [-0.25, -0.2) is 4.39 Å². The number of nitro groups is 1. The van der Waals surface area contributed by atoms with Gasteiger partial charge in [0.25, 0.3) is 0 Å². The van der Waals surface area contributed by atoms with E-state index in [1.807, 2.05) is 0 Å². The van der Waals surface area contributed by atoms with Crippen molar-refractivity contribution in [3.05, 3.63) is 56.0 Å². The summed E-state index contributed by atoms with van der Waals surface area (Å²) in [6.45, 7) is 0.138. The highest BCUT2D eigenvalue weighted by atomic mass is 35.5. The molecule has 0 aliphatic carbocycles. The number of furan rings is 1. The Balaban J connectivity index is 2.12. The van der Waals surface area contributed by atoms with Crippen LogP contribution in [0, 0.1) is 15.9 Å². The van der Waals surface area contributed by atoms with Gasteiger partial charge < -0.3 is 9.73 Å². The first-order valence-corrected chi connectivity index (χ1v) is 5.84. The highest BCUT2D eigenvalue weighted by Crippen LogP contribution is 2.31. The number of halogens is 3. The molecule has 0 unspecified atom stereocenters. The topological polar surface area (TPSA) is 68.3 Å². The van der Waals surface area contributed by atoms with Gasteiger partial charge in [0, 0.05) is 0 Å². The van der Waals surface area contributed by atoms with Gasteiger partial charge in [0.05, 0.1) is 28.3 Å². The summed E-state index contributed by atoms with van der Waals surface area (Å²) in [5, 5.41) is 13.5. The van der Waals surface area contributed by atoms with E-state index in [0.29, 0.717) is 11.4 Å². The fourth-order valence-electron chi connectivity index (χ4n) is 1.45. The van der Waals surface area contributed by atoms with Gasteiger partial charge in [-0.05, 0) is 18.2 Å². The van der Waals surface area contributed by atoms with Crippen LogP contribution in [0.4, 0.5) is 16.0 Å². The van der Waals surface area contributed by atoms with E-state index < -0.39 is 10.7 Å². The molecular formula is C11H7Cl2FN2O3. The quantitative estimate of drug-likeness (QED) is 0.677. The van der Waals surface area contributed by atoms with Crippen molar-refractivity contribution in [2.75, 3.05) is 5.32 Å². The Labute approximate surface area is 117 Å². The summed E-state index contributed by atoms with van der Waals surface area (Å²) in [4.78, 5) is 9.80. The number of anilines is 1. The van der Waals surface area contributed by atoms with E-state index in [-0.39, 0.29) is 22.5 Å². The molecule has 0 atom stereocenters. The molecule has 8 heteroatoms. The molecular weight excluding hydrogens is 298 g/mol. The lowest BCUT2D eigenvalue weighted by molar-refractivity contribution is -0.402. The van der Waals surface area contributed by atoms with E-state index in [1.54, 1.807) is 0 Å². The monoisotopic (exact) mass is 304 g/mol. The van der Waals surface area contributed by atoms with Crippen LogP contribution in [-0.2, 0) is 6.54 Å². The van der Waals surface area contributed by atoms with Crippen LogP contribution in [0.15, 0.2) is 28.7 Å². The Bertz CT molecular complexity index is 607. The van der Waals surface area contributed by atoms with Gasteiger partial charge in [-0.3, -0.25) is 10.1 Å². The summed E-state index contributed by atoms with van der Waals surface area (Å²) in [7, 11) is 0. The zero-order chi connectivity index (χ0) is 14.0. The molecule has 5 nitrogen and oxygen atoms in total. The lowest BCUT2D eigenvalue weighted by atomic mass is 10.3. The standard InChI is InChI=1S/C11H7Cl2FN2O3/c12-8-3-6(14)4-9(13)11(8)15-5-7-1-2-10(19-7)16(17)18/h1-4,15H,5H2. The summed E-state index contributed by atoms with van der Waals surface area (Å²) >= 11 is 11.7. The molecule has 0 aliphatic rings. The molecule has 0 radical (unpaired) electrons. The first-order valence-electron chi connectivity index (χ1n) is 5.09. The number of rotatable bonds is 4. The summed E-state index contributed by atoms with van der Waals surface area (Å²) in [6.07, 6.45) is 0. The van der Waals surface area contributed by atoms with E-state index in [9.17, 15) is 14.5 Å². The van der Waals surface area contributed by atoms with Crippen LogP contribution in [-0.4, -0.2) is 4.92 Å². The normalized spacial score (nSPS) is 10.5. The zero-order valence-corrected chi connectivity index (χ0v) is 10.8. The fourth-order valence-corrected chi connectivity index (χ4v) is 2.04. The maximum Gasteiger partial charge on any atom is 0.433 e. The van der Waals surface area contributed by atoms with E-state index in [2.05, 4.69) is 5.32 Å². The minimum absolute atomic E-state index is 0.117. The van der Waals surface area contributed by atoms with Gasteiger partial charge >= 0.3 is 5.88 Å². The molecule has 100 valence electrons. The van der Waals surface area contributed by atoms with Crippen molar-refractivity contribution < 1.29 is 13.7 Å². The van der Waals surface area contributed by atoms with Crippen molar-refractivity contribution in [2.45, 2.75) is 6.54 Å². The molecule has 1 N–H and O–H groups in total. The molecule has 0 saturated heterocycles. The predicted molar refractivity (Wildman–Crippen MR) is 69.1 cm³/mol. The van der Waals surface area contributed by atoms with Crippen molar-refractivity contribution in [2.24, 2.45) is 0 Å². The fraction of sp³-hybridized carbons (Fsp3) is 0.0909. The summed E-state index contributed by atoms with van der Waals surface area (Å²) in [6, 6.07) is 4.92. The second kappa shape index (κ2) is 5.46. The van der Waals surface area contributed by atoms with Crippen LogP contribution in [0.1, 0.15) is 5.76 Å². The van der Waals surface area contributed by atoms with E-state index in [1.165, 1.54) is 12.1 Å². The highest BCUT2D eigenvalue weighted by molar-refractivity contribution is 6.39. The van der Waals surface area contributed by atoms with Gasteiger partial charge in [-0.1, -0.05) is 23.2 Å². The maximum absolute atomic E-state index is 13.0. The van der Waals surface area contributed by atoms with E-state index in [4.69, 9.17) is 27.6 Å². The van der Waals surface area contributed by atoms with Crippen LogP contribution in [0.2, 0.25) is 10.0 Å². The Morgan fingerprint density at radius 2 is 1.95 bits per heavy atom. The first kappa shape index (κ1) is 13.6. The van der Waals surface area contributed by atoms with Gasteiger partial charge in [0.2, 0.25) is 0 Å². The molecule has 0 fully saturated rings. The second-order valence-electron chi connectivity index (χ2n) is 3.60. The summed E-state index contributed by atoms with van der Waals surface area (Å²) in [5.74, 6) is -0.564. The molecule has 1 aromatic heterocycles. The molecule has 1 aromatic carbocycles. The highest BCUT2D eigenvalue weighted by Gasteiger charge is 2.13. The third-order valence-electron chi connectivity index (χ3n) is 2.27. The van der Waals surface area contributed by atoms with Gasteiger partial charge in [0.15, 0.2) is 0 Å². The summed E-state index contributed by atoms with van der Waals surface area (Å²) in [5.41, 5.74) is 0.337. The number of hydrogen-bond acceptors (Lipinski definition) is 4. The Morgan fingerprint density at radius 3 is 2.47 bits per heavy atom. The molecule has 0 amide bonds. The number of nitrogens with one attached hydrogen (secondary N) is 1. The predicted octanol–water partition coefficient (Wildman–Crippen LogP) is 4.25. The number of nitrogens with zero attached hydrogens (tertiary/aromatic N) is 1. The maximum atomic E-state index is 13.0. The minimum Gasteiger partial charge on any atom is -0.404 e.